The van der Waals surface area contributed by atoms with E-state index in [4.69, 9.17) is 5.11 Å². The van der Waals surface area contributed by atoms with Gasteiger partial charge < -0.3 is 10.0 Å². The Morgan fingerprint density at radius 2 is 1.78 bits per heavy atom. The number of likely N-dealkylation sites (tertiary alicyclic amines) is 1. The molecular weight excluding hydrogens is 462 g/mol. The van der Waals surface area contributed by atoms with Crippen LogP contribution in [-0.2, 0) is 6.18 Å². The summed E-state index contributed by atoms with van der Waals surface area (Å²) in [5.74, 6) is 0.219. The number of fused-ring (bicyclic) bond motifs is 2. The summed E-state index contributed by atoms with van der Waals surface area (Å²) in [5.41, 5.74) is 1.40. The topological polar surface area (TPSA) is 23.5 Å². The van der Waals surface area contributed by atoms with Gasteiger partial charge in [0.1, 0.15) is 5.82 Å². The Morgan fingerprint density at radius 3 is 2.47 bits per heavy atom. The first kappa shape index (κ1) is 25.1. The van der Waals surface area contributed by atoms with E-state index in [0.717, 1.165) is 61.0 Å². The average Bonchev–Trinajstić information content (AvgIpc) is 2.73. The van der Waals surface area contributed by atoms with Gasteiger partial charge in [0.25, 0.3) is 0 Å². The Hall–Kier alpha value is -1.54. The molecule has 2 nitrogen and oxygen atoms in total. The van der Waals surface area contributed by atoms with Crippen LogP contribution in [0.3, 0.4) is 0 Å². The number of hydrogen-bond acceptors (Lipinski definition) is 3. The molecule has 2 aliphatic rings. The van der Waals surface area contributed by atoms with Crippen molar-refractivity contribution in [2.45, 2.75) is 41.7 Å². The fourth-order valence-electron chi connectivity index (χ4n) is 4.37. The number of alkyl halides is 3. The summed E-state index contributed by atoms with van der Waals surface area (Å²) < 4.78 is 53.7. The maximum atomic E-state index is 13.8. The van der Waals surface area contributed by atoms with Crippen molar-refractivity contribution in [3.05, 3.63) is 65.0 Å². The van der Waals surface area contributed by atoms with Gasteiger partial charge in [0.05, 0.1) is 5.56 Å². The minimum atomic E-state index is -4.41. The maximum Gasteiger partial charge on any atom is 0.416 e. The Bertz CT molecular complexity index is 971. The van der Waals surface area contributed by atoms with Gasteiger partial charge in [-0.15, -0.1) is 12.4 Å². The van der Waals surface area contributed by atoms with E-state index < -0.39 is 11.7 Å². The van der Waals surface area contributed by atoms with Crippen molar-refractivity contribution in [3.63, 3.8) is 0 Å². The Balaban J connectivity index is 0.00000289. The molecule has 0 radical (unpaired) electrons. The molecule has 174 valence electrons. The Morgan fingerprint density at radius 1 is 1.03 bits per heavy atom. The molecule has 4 rings (SSSR count). The average molecular weight is 488 g/mol. The van der Waals surface area contributed by atoms with Gasteiger partial charge in [-0.2, -0.15) is 13.2 Å². The van der Waals surface area contributed by atoms with E-state index in [2.05, 4.69) is 4.90 Å². The highest BCUT2D eigenvalue weighted by Crippen LogP contribution is 2.47. The summed E-state index contributed by atoms with van der Waals surface area (Å²) in [4.78, 5) is 3.80. The second-order valence-electron chi connectivity index (χ2n) is 8.16. The normalized spacial score (nSPS) is 18.2. The first-order valence-corrected chi connectivity index (χ1v) is 11.4. The number of halogens is 5. The summed E-state index contributed by atoms with van der Waals surface area (Å²) in [5, 5.41) is 9.10. The first-order chi connectivity index (χ1) is 14.8. The quantitative estimate of drug-likeness (QED) is 0.408. The van der Waals surface area contributed by atoms with Gasteiger partial charge in [0.15, 0.2) is 0 Å². The number of aliphatic hydroxyl groups excluding tert-OH is 1. The third kappa shape index (κ3) is 5.68. The Kier molecular flexibility index (Phi) is 8.31. The summed E-state index contributed by atoms with van der Waals surface area (Å²) in [6.45, 7) is 3.00. The van der Waals surface area contributed by atoms with Crippen LogP contribution in [0.1, 0.15) is 42.4 Å². The lowest BCUT2D eigenvalue weighted by atomic mass is 9.93. The summed E-state index contributed by atoms with van der Waals surface area (Å²) in [6.07, 6.45) is 1.27. The lowest BCUT2D eigenvalue weighted by Gasteiger charge is -2.31. The highest BCUT2D eigenvalue weighted by molar-refractivity contribution is 7.99. The molecule has 2 aromatic carbocycles. The van der Waals surface area contributed by atoms with Gasteiger partial charge in [-0.25, -0.2) is 4.39 Å². The molecule has 1 saturated heterocycles. The van der Waals surface area contributed by atoms with Gasteiger partial charge in [-0.1, -0.05) is 23.9 Å². The van der Waals surface area contributed by atoms with Gasteiger partial charge in [0.2, 0.25) is 0 Å². The van der Waals surface area contributed by atoms with E-state index in [0.29, 0.717) is 22.8 Å². The number of benzene rings is 2. The lowest BCUT2D eigenvalue weighted by Crippen LogP contribution is -2.34. The molecule has 32 heavy (non-hydrogen) atoms. The van der Waals surface area contributed by atoms with Crippen LogP contribution in [0.5, 0.6) is 0 Å². The van der Waals surface area contributed by atoms with E-state index in [-0.39, 0.29) is 24.8 Å². The molecular formula is C24H26ClF4NOS. The van der Waals surface area contributed by atoms with Crippen molar-refractivity contribution >= 4 is 29.7 Å². The molecule has 0 spiro atoms. The number of nitrogens with zero attached hydrogens (tertiary/aromatic N) is 1. The molecule has 0 unspecified atom stereocenters. The van der Waals surface area contributed by atoms with Crippen LogP contribution < -0.4 is 0 Å². The molecule has 2 heterocycles. The second-order valence-corrected chi connectivity index (χ2v) is 9.24. The fraction of sp³-hybridized carbons (Fsp3) is 0.417. The lowest BCUT2D eigenvalue weighted by molar-refractivity contribution is -0.137. The van der Waals surface area contributed by atoms with Crippen LogP contribution in [-0.4, -0.2) is 36.2 Å². The molecule has 0 amide bonds. The van der Waals surface area contributed by atoms with E-state index in [1.807, 2.05) is 6.08 Å². The highest BCUT2D eigenvalue weighted by atomic mass is 35.5. The fourth-order valence-corrected chi connectivity index (χ4v) is 5.48. The van der Waals surface area contributed by atoms with Crippen molar-refractivity contribution in [1.29, 1.82) is 0 Å². The standard InChI is InChI=1S/C24H25F4NOS.ClH/c25-18-4-5-20-19(2-1-10-29-11-7-16(8-12-29)9-13-30)21-14-17(24(26,27)28)3-6-22(21)31-23(20)15-18;/h2-6,14-16,30H,1,7-13H2;1H. The van der Waals surface area contributed by atoms with Gasteiger partial charge in [-0.05, 0) is 91.7 Å². The molecule has 0 saturated carbocycles. The zero-order valence-electron chi connectivity index (χ0n) is 17.5. The van der Waals surface area contributed by atoms with Gasteiger partial charge >= 0.3 is 6.18 Å². The third-order valence-corrected chi connectivity index (χ3v) is 7.22. The first-order valence-electron chi connectivity index (χ1n) is 10.6. The monoisotopic (exact) mass is 487 g/mol. The SMILES string of the molecule is Cl.OCCC1CCN(CCC=C2c3ccc(F)cc3Sc3ccc(C(F)(F)F)cc32)CC1. The van der Waals surface area contributed by atoms with Crippen LogP contribution >= 0.6 is 24.2 Å². The predicted molar refractivity (Wildman–Crippen MR) is 122 cm³/mol. The van der Waals surface area contributed by atoms with Gasteiger partial charge in [0, 0.05) is 22.9 Å². The number of hydrogen-bond donors (Lipinski definition) is 1. The van der Waals surface area contributed by atoms with Crippen LogP contribution in [0.2, 0.25) is 0 Å². The van der Waals surface area contributed by atoms with Crippen molar-refractivity contribution in [2.75, 3.05) is 26.2 Å². The maximum absolute atomic E-state index is 13.8. The summed E-state index contributed by atoms with van der Waals surface area (Å²) in [6, 6.07) is 8.24. The third-order valence-electron chi connectivity index (χ3n) is 6.09. The molecule has 1 N–H and O–H groups in total. The molecule has 0 aliphatic carbocycles. The van der Waals surface area contributed by atoms with Crippen LogP contribution in [0, 0.1) is 11.7 Å². The van der Waals surface area contributed by atoms with Gasteiger partial charge in [-0.3, -0.25) is 0 Å². The number of rotatable bonds is 5. The van der Waals surface area contributed by atoms with E-state index >= 15 is 0 Å². The zero-order chi connectivity index (χ0) is 22.0. The molecule has 2 aliphatic heterocycles. The van der Waals surface area contributed by atoms with Crippen molar-refractivity contribution < 1.29 is 22.7 Å². The summed E-state index contributed by atoms with van der Waals surface area (Å²) in [7, 11) is 0. The number of aliphatic hydroxyl groups is 1. The van der Waals surface area contributed by atoms with E-state index in [1.165, 1.54) is 36.0 Å². The second kappa shape index (κ2) is 10.6. The molecule has 0 bridgehead atoms. The largest absolute Gasteiger partial charge is 0.416 e. The van der Waals surface area contributed by atoms with Crippen molar-refractivity contribution in [1.82, 2.24) is 4.90 Å². The molecule has 0 aromatic heterocycles. The predicted octanol–water partition coefficient (Wildman–Crippen LogP) is 6.65. The molecule has 2 aromatic rings. The van der Waals surface area contributed by atoms with E-state index in [9.17, 15) is 17.6 Å². The molecule has 8 heteroatoms. The van der Waals surface area contributed by atoms with Crippen LogP contribution in [0.15, 0.2) is 52.3 Å². The smallest absolute Gasteiger partial charge is 0.396 e. The highest BCUT2D eigenvalue weighted by Gasteiger charge is 2.32. The summed E-state index contributed by atoms with van der Waals surface area (Å²) >= 11 is 1.31. The molecule has 1 fully saturated rings. The minimum Gasteiger partial charge on any atom is -0.396 e. The van der Waals surface area contributed by atoms with Crippen LogP contribution in [0.4, 0.5) is 17.6 Å². The van der Waals surface area contributed by atoms with E-state index in [1.54, 1.807) is 6.07 Å². The molecule has 0 atom stereocenters. The minimum absolute atomic E-state index is 0. The zero-order valence-corrected chi connectivity index (χ0v) is 19.1. The Labute approximate surface area is 196 Å². The van der Waals surface area contributed by atoms with Crippen LogP contribution in [0.25, 0.3) is 5.57 Å². The van der Waals surface area contributed by atoms with Crippen molar-refractivity contribution in [3.8, 4) is 0 Å². The number of piperidine rings is 1. The van der Waals surface area contributed by atoms with Crippen molar-refractivity contribution in [2.24, 2.45) is 5.92 Å².